The molecule has 0 radical (unpaired) electrons. The number of hydrogen-bond donors (Lipinski definition) is 0. The Morgan fingerprint density at radius 3 is 2.47 bits per heavy atom. The van der Waals surface area contributed by atoms with Crippen molar-refractivity contribution in [1.82, 2.24) is 35.4 Å². The summed E-state index contributed by atoms with van der Waals surface area (Å²) in [5.74, 6) is 0.209. The summed E-state index contributed by atoms with van der Waals surface area (Å²) < 4.78 is 42.7. The van der Waals surface area contributed by atoms with Gasteiger partial charge in [0.1, 0.15) is 11.4 Å². The van der Waals surface area contributed by atoms with Gasteiger partial charge in [-0.25, -0.2) is 4.63 Å². The number of amides is 1. The van der Waals surface area contributed by atoms with Gasteiger partial charge in [-0.15, -0.1) is 10.2 Å². The summed E-state index contributed by atoms with van der Waals surface area (Å²) in [5, 5.41) is 19.7. The summed E-state index contributed by atoms with van der Waals surface area (Å²) in [6.07, 6.45) is -2.97. The van der Waals surface area contributed by atoms with E-state index in [0.717, 1.165) is 12.1 Å². The molecule has 0 spiro atoms. The smallest absolute Gasteiger partial charge is 0.342 e. The van der Waals surface area contributed by atoms with Crippen LogP contribution in [-0.2, 0) is 17.4 Å². The summed E-state index contributed by atoms with van der Waals surface area (Å²) >= 11 is 0. The van der Waals surface area contributed by atoms with Crippen molar-refractivity contribution in [3.63, 3.8) is 0 Å². The van der Waals surface area contributed by atoms with Crippen LogP contribution in [0.15, 0.2) is 28.9 Å². The minimum atomic E-state index is -4.39. The van der Waals surface area contributed by atoms with Crippen LogP contribution in [0.2, 0.25) is 0 Å². The Balaban J connectivity index is 1.36. The van der Waals surface area contributed by atoms with E-state index in [1.165, 1.54) is 16.9 Å². The van der Waals surface area contributed by atoms with Gasteiger partial charge in [0.15, 0.2) is 0 Å². The monoisotopic (exact) mass is 421 g/mol. The number of benzene rings is 1. The maximum Gasteiger partial charge on any atom is 0.416 e. The van der Waals surface area contributed by atoms with E-state index >= 15 is 0 Å². The molecule has 3 aromatic rings. The van der Waals surface area contributed by atoms with Crippen molar-refractivity contribution in [1.29, 1.82) is 0 Å². The average Bonchev–Trinajstić information content (AvgIpc) is 3.37. The van der Waals surface area contributed by atoms with Crippen molar-refractivity contribution in [2.75, 3.05) is 13.1 Å². The van der Waals surface area contributed by atoms with Gasteiger partial charge in [-0.2, -0.15) is 18.0 Å². The van der Waals surface area contributed by atoms with E-state index < -0.39 is 11.7 Å². The number of aromatic nitrogens is 6. The van der Waals surface area contributed by atoms with Crippen LogP contribution in [0.25, 0.3) is 11.4 Å². The number of halogens is 3. The van der Waals surface area contributed by atoms with Gasteiger partial charge in [0.25, 0.3) is 0 Å². The van der Waals surface area contributed by atoms with E-state index in [9.17, 15) is 18.0 Å². The topological polar surface area (TPSA) is 103 Å². The number of carbonyl (C=O) groups is 1. The number of hydrogen-bond acceptors (Lipinski definition) is 7. The first-order valence-electron chi connectivity index (χ1n) is 9.34. The molecule has 0 saturated carbocycles. The molecule has 12 heteroatoms. The molecule has 1 amide bonds. The van der Waals surface area contributed by atoms with E-state index in [1.54, 1.807) is 11.8 Å². The molecular weight excluding hydrogens is 403 g/mol. The summed E-state index contributed by atoms with van der Waals surface area (Å²) in [6, 6.07) is 4.59. The number of tetrazole rings is 1. The lowest BCUT2D eigenvalue weighted by Crippen LogP contribution is -2.40. The summed E-state index contributed by atoms with van der Waals surface area (Å²) in [7, 11) is 0. The average molecular weight is 421 g/mol. The van der Waals surface area contributed by atoms with Crippen LogP contribution in [0.3, 0.4) is 0 Å². The molecule has 0 N–H and O–H groups in total. The first-order valence-corrected chi connectivity index (χ1v) is 9.34. The first kappa shape index (κ1) is 20.0. The van der Waals surface area contributed by atoms with Gasteiger partial charge in [-0.05, 0) is 37.1 Å². The molecule has 3 heterocycles. The van der Waals surface area contributed by atoms with Crippen molar-refractivity contribution in [2.24, 2.45) is 0 Å². The molecule has 0 bridgehead atoms. The molecular formula is C18H18F3N7O2. The van der Waals surface area contributed by atoms with Crippen LogP contribution in [0.4, 0.5) is 13.2 Å². The normalized spacial score (nSPS) is 15.5. The standard InChI is InChI=1S/C18H18F3N7O2/c1-11-15(25-30-24-11)10-16(29)27-8-6-14(7-9-27)28-23-17(22-26-28)12-2-4-13(5-3-12)18(19,20)21/h2-5,14H,6-10H2,1H3. The quantitative estimate of drug-likeness (QED) is 0.638. The highest BCUT2D eigenvalue weighted by molar-refractivity contribution is 5.78. The van der Waals surface area contributed by atoms with E-state index in [2.05, 4.69) is 30.4 Å². The minimum absolute atomic E-state index is 0.0415. The second kappa shape index (κ2) is 7.84. The summed E-state index contributed by atoms with van der Waals surface area (Å²) in [4.78, 5) is 15.7. The van der Waals surface area contributed by atoms with Crippen LogP contribution in [0, 0.1) is 6.92 Å². The number of carbonyl (C=O) groups excluding carboxylic acids is 1. The number of likely N-dealkylation sites (tertiary alicyclic amines) is 1. The summed E-state index contributed by atoms with van der Waals surface area (Å²) in [6.45, 7) is 2.80. The molecule has 1 fully saturated rings. The Labute approximate surface area is 168 Å². The molecule has 9 nitrogen and oxygen atoms in total. The molecule has 0 unspecified atom stereocenters. The van der Waals surface area contributed by atoms with E-state index in [1.807, 2.05) is 0 Å². The van der Waals surface area contributed by atoms with Crippen molar-refractivity contribution < 1.29 is 22.6 Å². The van der Waals surface area contributed by atoms with Crippen molar-refractivity contribution in [3.8, 4) is 11.4 Å². The predicted molar refractivity (Wildman–Crippen MR) is 95.8 cm³/mol. The number of aryl methyl sites for hydroxylation is 1. The molecule has 30 heavy (non-hydrogen) atoms. The zero-order valence-electron chi connectivity index (χ0n) is 16.0. The largest absolute Gasteiger partial charge is 0.416 e. The van der Waals surface area contributed by atoms with E-state index in [4.69, 9.17) is 0 Å². The number of alkyl halides is 3. The number of rotatable bonds is 4. The summed E-state index contributed by atoms with van der Waals surface area (Å²) in [5.41, 5.74) is 0.854. The fraction of sp³-hybridized carbons (Fsp3) is 0.444. The highest BCUT2D eigenvalue weighted by Gasteiger charge is 2.30. The SMILES string of the molecule is Cc1nonc1CC(=O)N1CCC(n2nnc(-c3ccc(C(F)(F)F)cc3)n2)CC1. The molecule has 0 aliphatic carbocycles. The zero-order chi connectivity index (χ0) is 21.3. The lowest BCUT2D eigenvalue weighted by molar-refractivity contribution is -0.137. The maximum absolute atomic E-state index is 12.7. The van der Waals surface area contributed by atoms with Gasteiger partial charge >= 0.3 is 6.18 Å². The molecule has 2 aromatic heterocycles. The fourth-order valence-electron chi connectivity index (χ4n) is 3.31. The van der Waals surface area contributed by atoms with Crippen LogP contribution in [-0.4, -0.2) is 54.4 Å². The Kier molecular flexibility index (Phi) is 5.22. The number of piperidine rings is 1. The molecule has 1 aliphatic rings. The highest BCUT2D eigenvalue weighted by Crippen LogP contribution is 2.30. The van der Waals surface area contributed by atoms with Gasteiger partial charge in [-0.1, -0.05) is 22.4 Å². The Morgan fingerprint density at radius 2 is 1.87 bits per heavy atom. The van der Waals surface area contributed by atoms with Gasteiger partial charge in [0, 0.05) is 18.7 Å². The lowest BCUT2D eigenvalue weighted by atomic mass is 10.0. The van der Waals surface area contributed by atoms with Crippen LogP contribution in [0.1, 0.15) is 35.8 Å². The molecule has 1 saturated heterocycles. The van der Waals surface area contributed by atoms with E-state index in [0.29, 0.717) is 42.9 Å². The molecule has 0 atom stereocenters. The molecule has 1 aliphatic heterocycles. The van der Waals surface area contributed by atoms with Gasteiger partial charge in [0.05, 0.1) is 18.0 Å². The second-order valence-electron chi connectivity index (χ2n) is 7.09. The lowest BCUT2D eigenvalue weighted by Gasteiger charge is -2.31. The third-order valence-corrected chi connectivity index (χ3v) is 5.11. The third kappa shape index (κ3) is 4.16. The molecule has 1 aromatic carbocycles. The van der Waals surface area contributed by atoms with Crippen LogP contribution < -0.4 is 0 Å². The van der Waals surface area contributed by atoms with Gasteiger partial charge in [0.2, 0.25) is 11.7 Å². The Hall–Kier alpha value is -3.31. The van der Waals surface area contributed by atoms with Crippen molar-refractivity contribution in [2.45, 2.75) is 38.4 Å². The predicted octanol–water partition coefficient (Wildman–Crippen LogP) is 2.46. The van der Waals surface area contributed by atoms with Crippen molar-refractivity contribution in [3.05, 3.63) is 41.2 Å². The highest BCUT2D eigenvalue weighted by atomic mass is 19.4. The van der Waals surface area contributed by atoms with Gasteiger partial charge < -0.3 is 4.90 Å². The maximum atomic E-state index is 12.7. The van der Waals surface area contributed by atoms with Crippen molar-refractivity contribution >= 4 is 5.91 Å². The first-order chi connectivity index (χ1) is 14.3. The third-order valence-electron chi connectivity index (χ3n) is 5.11. The number of nitrogens with zero attached hydrogens (tertiary/aromatic N) is 7. The zero-order valence-corrected chi connectivity index (χ0v) is 16.0. The van der Waals surface area contributed by atoms with Crippen LogP contribution in [0.5, 0.6) is 0 Å². The second-order valence-corrected chi connectivity index (χ2v) is 7.09. The minimum Gasteiger partial charge on any atom is -0.342 e. The molecule has 158 valence electrons. The van der Waals surface area contributed by atoms with Crippen LogP contribution >= 0.6 is 0 Å². The van der Waals surface area contributed by atoms with E-state index in [-0.39, 0.29) is 24.2 Å². The Morgan fingerprint density at radius 1 is 1.17 bits per heavy atom. The Bertz CT molecular complexity index is 1020. The van der Waals surface area contributed by atoms with Gasteiger partial charge in [-0.3, -0.25) is 4.79 Å². The molecule has 4 rings (SSSR count). The fourth-order valence-corrected chi connectivity index (χ4v) is 3.31.